The minimum atomic E-state index is -0.589. The zero-order chi connectivity index (χ0) is 25.4. The molecule has 37 heavy (non-hydrogen) atoms. The summed E-state index contributed by atoms with van der Waals surface area (Å²) in [5, 5.41) is 11.4. The molecule has 0 saturated heterocycles. The smallest absolute Gasteiger partial charge is 0.255 e. The second kappa shape index (κ2) is 9.59. The summed E-state index contributed by atoms with van der Waals surface area (Å²) in [6, 6.07) is 16.0. The van der Waals surface area contributed by atoms with Crippen molar-refractivity contribution in [3.63, 3.8) is 0 Å². The van der Waals surface area contributed by atoms with Gasteiger partial charge in [0.2, 0.25) is 5.95 Å². The number of fused-ring (bicyclic) bond motifs is 2. The van der Waals surface area contributed by atoms with E-state index < -0.39 is 6.04 Å². The van der Waals surface area contributed by atoms with Crippen molar-refractivity contribution in [2.45, 2.75) is 19.4 Å². The number of ether oxygens (including phenoxy) is 2. The van der Waals surface area contributed by atoms with Crippen LogP contribution in [0, 0.1) is 0 Å². The number of halogens is 1. The minimum Gasteiger partial charge on any atom is -0.490 e. The van der Waals surface area contributed by atoms with E-state index in [4.69, 9.17) is 31.2 Å². The zero-order valence-corrected chi connectivity index (χ0v) is 20.7. The normalized spacial score (nSPS) is 16.4. The van der Waals surface area contributed by atoms with Crippen molar-refractivity contribution in [1.82, 2.24) is 19.7 Å². The maximum Gasteiger partial charge on any atom is 0.255 e. The molecule has 10 heteroatoms. The summed E-state index contributed by atoms with van der Waals surface area (Å²) >= 11 is 6.33. The molecule has 1 amide bonds. The second-order valence-electron chi connectivity index (χ2n) is 8.70. The topological polar surface area (TPSA) is 103 Å². The number of nitrogens with one attached hydrogen (secondary N) is 2. The number of para-hydroxylation sites is 1. The maximum atomic E-state index is 13.7. The Morgan fingerprint density at radius 3 is 2.76 bits per heavy atom. The number of carbonyl (C=O) groups is 1. The van der Waals surface area contributed by atoms with Crippen LogP contribution in [0.5, 0.6) is 11.5 Å². The van der Waals surface area contributed by atoms with Gasteiger partial charge < -0.3 is 20.1 Å². The molecule has 2 aliphatic heterocycles. The molecule has 9 nitrogen and oxygen atoms in total. The molecule has 6 rings (SSSR count). The Balaban J connectivity index is 1.46. The predicted molar refractivity (Wildman–Crippen MR) is 140 cm³/mol. The highest BCUT2D eigenvalue weighted by Crippen LogP contribution is 2.40. The van der Waals surface area contributed by atoms with Gasteiger partial charge in [0.05, 0.1) is 29.5 Å². The number of pyridine rings is 1. The summed E-state index contributed by atoms with van der Waals surface area (Å²) in [6.07, 6.45) is 4.19. The lowest BCUT2D eigenvalue weighted by atomic mass is 9.94. The van der Waals surface area contributed by atoms with E-state index in [1.54, 1.807) is 29.2 Å². The van der Waals surface area contributed by atoms with E-state index in [-0.39, 0.29) is 5.91 Å². The number of carbonyl (C=O) groups excluding carboxylic acids is 1. The van der Waals surface area contributed by atoms with Gasteiger partial charge >= 0.3 is 0 Å². The van der Waals surface area contributed by atoms with Crippen molar-refractivity contribution in [2.24, 2.45) is 0 Å². The van der Waals surface area contributed by atoms with Crippen LogP contribution in [0.3, 0.4) is 0 Å². The molecule has 1 atom stereocenters. The van der Waals surface area contributed by atoms with E-state index in [1.165, 1.54) is 0 Å². The average Bonchev–Trinajstić information content (AvgIpc) is 3.19. The minimum absolute atomic E-state index is 0.306. The number of allylic oxidation sites excluding steroid dienone is 1. The van der Waals surface area contributed by atoms with Crippen LogP contribution in [0.15, 0.2) is 78.3 Å². The molecule has 0 saturated carbocycles. The molecular formula is C27H23ClN6O3. The number of rotatable bonds is 4. The van der Waals surface area contributed by atoms with Crippen LogP contribution in [0.1, 0.15) is 24.9 Å². The summed E-state index contributed by atoms with van der Waals surface area (Å²) in [4.78, 5) is 22.6. The second-order valence-corrected chi connectivity index (χ2v) is 9.11. The van der Waals surface area contributed by atoms with Crippen molar-refractivity contribution in [3.05, 3.63) is 88.8 Å². The van der Waals surface area contributed by atoms with Gasteiger partial charge in [-0.25, -0.2) is 4.68 Å². The quantitative estimate of drug-likeness (QED) is 0.391. The summed E-state index contributed by atoms with van der Waals surface area (Å²) < 4.78 is 13.5. The molecule has 2 aliphatic rings. The molecule has 0 fully saturated rings. The summed E-state index contributed by atoms with van der Waals surface area (Å²) in [7, 11) is 0. The molecule has 4 aromatic rings. The zero-order valence-electron chi connectivity index (χ0n) is 19.9. The van der Waals surface area contributed by atoms with Gasteiger partial charge in [-0.2, -0.15) is 4.98 Å². The third kappa shape index (κ3) is 4.38. The van der Waals surface area contributed by atoms with Crippen molar-refractivity contribution in [2.75, 3.05) is 23.8 Å². The van der Waals surface area contributed by atoms with Crippen LogP contribution in [-0.2, 0) is 4.79 Å². The molecule has 186 valence electrons. The summed E-state index contributed by atoms with van der Waals surface area (Å²) in [6.45, 7) is 2.99. The Kier molecular flexibility index (Phi) is 5.97. The molecule has 0 spiro atoms. The standard InChI is InChI=1S/C27H23ClN6O3/c1-16-23(26(35)31-20-8-3-2-7-19(20)28)24(17-9-10-21-22(14-17)37-13-5-12-36-21)34-27(30-16)32-25(33-34)18-6-4-11-29-15-18/h2-4,6-11,14-15,24H,5,12-13H2,1H3,(H,31,35)(H,30,32,33). The first kappa shape index (κ1) is 23.1. The Morgan fingerprint density at radius 1 is 1.11 bits per heavy atom. The summed E-state index contributed by atoms with van der Waals surface area (Å²) in [5.41, 5.74) is 3.22. The van der Waals surface area contributed by atoms with Gasteiger partial charge in [0.25, 0.3) is 5.91 Å². The molecule has 2 aromatic carbocycles. The SMILES string of the molecule is CC1=C(C(=O)Nc2ccccc2Cl)C(c2ccc3c(c2)OCCCO3)n2nc(-c3cccnc3)nc2N1. The third-order valence-corrected chi connectivity index (χ3v) is 6.56. The molecule has 0 aliphatic carbocycles. The number of hydrogen-bond acceptors (Lipinski definition) is 7. The van der Waals surface area contributed by atoms with Gasteiger partial charge in [0.1, 0.15) is 6.04 Å². The van der Waals surface area contributed by atoms with Gasteiger partial charge in [0.15, 0.2) is 17.3 Å². The number of aromatic nitrogens is 4. The van der Waals surface area contributed by atoms with Crippen molar-refractivity contribution in [1.29, 1.82) is 0 Å². The maximum absolute atomic E-state index is 13.7. The number of amides is 1. The van der Waals surface area contributed by atoms with E-state index >= 15 is 0 Å². The fourth-order valence-electron chi connectivity index (χ4n) is 4.47. The van der Waals surface area contributed by atoms with E-state index in [2.05, 4.69) is 15.6 Å². The lowest BCUT2D eigenvalue weighted by Gasteiger charge is -2.29. The Labute approximate surface area is 218 Å². The molecule has 1 unspecified atom stereocenters. The molecule has 4 heterocycles. The lowest BCUT2D eigenvalue weighted by Crippen LogP contribution is -2.31. The highest BCUT2D eigenvalue weighted by molar-refractivity contribution is 6.33. The number of benzene rings is 2. The van der Waals surface area contributed by atoms with Gasteiger partial charge in [-0.05, 0) is 48.9 Å². The van der Waals surface area contributed by atoms with Gasteiger partial charge in [0, 0.05) is 30.1 Å². The van der Waals surface area contributed by atoms with Crippen LogP contribution in [0.4, 0.5) is 11.6 Å². The first-order valence-corrected chi connectivity index (χ1v) is 12.3. The van der Waals surface area contributed by atoms with Crippen molar-refractivity contribution >= 4 is 29.1 Å². The van der Waals surface area contributed by atoms with Gasteiger partial charge in [-0.15, -0.1) is 5.10 Å². The van der Waals surface area contributed by atoms with Crippen LogP contribution in [0.2, 0.25) is 5.02 Å². The molecular weight excluding hydrogens is 492 g/mol. The fraction of sp³-hybridized carbons (Fsp3) is 0.185. The monoisotopic (exact) mass is 514 g/mol. The first-order chi connectivity index (χ1) is 18.1. The van der Waals surface area contributed by atoms with Gasteiger partial charge in [-0.1, -0.05) is 29.8 Å². The molecule has 0 bridgehead atoms. The first-order valence-electron chi connectivity index (χ1n) is 11.9. The Hall–Kier alpha value is -4.37. The highest BCUT2D eigenvalue weighted by atomic mass is 35.5. The van der Waals surface area contributed by atoms with Crippen LogP contribution >= 0.6 is 11.6 Å². The fourth-order valence-corrected chi connectivity index (χ4v) is 4.66. The number of hydrogen-bond donors (Lipinski definition) is 2. The average molecular weight is 515 g/mol. The molecule has 2 aromatic heterocycles. The van der Waals surface area contributed by atoms with Crippen LogP contribution < -0.4 is 20.1 Å². The van der Waals surface area contributed by atoms with Crippen molar-refractivity contribution in [3.8, 4) is 22.9 Å². The number of nitrogens with zero attached hydrogens (tertiary/aromatic N) is 4. The summed E-state index contributed by atoms with van der Waals surface area (Å²) in [5.74, 6) is 2.01. The largest absolute Gasteiger partial charge is 0.490 e. The lowest BCUT2D eigenvalue weighted by molar-refractivity contribution is -0.113. The molecule has 2 N–H and O–H groups in total. The number of anilines is 2. The van der Waals surface area contributed by atoms with E-state index in [1.807, 2.05) is 49.4 Å². The Morgan fingerprint density at radius 2 is 1.95 bits per heavy atom. The third-order valence-electron chi connectivity index (χ3n) is 6.23. The van der Waals surface area contributed by atoms with Crippen LogP contribution in [0.25, 0.3) is 11.4 Å². The van der Waals surface area contributed by atoms with E-state index in [0.717, 1.165) is 17.5 Å². The van der Waals surface area contributed by atoms with Crippen LogP contribution in [-0.4, -0.2) is 38.9 Å². The van der Waals surface area contributed by atoms with Crippen molar-refractivity contribution < 1.29 is 14.3 Å². The molecule has 0 radical (unpaired) electrons. The van der Waals surface area contributed by atoms with Gasteiger partial charge in [-0.3, -0.25) is 9.78 Å². The Bertz CT molecular complexity index is 1520. The van der Waals surface area contributed by atoms with E-state index in [9.17, 15) is 4.79 Å². The predicted octanol–water partition coefficient (Wildman–Crippen LogP) is 5.08. The van der Waals surface area contributed by atoms with E-state index in [0.29, 0.717) is 58.5 Å². The highest BCUT2D eigenvalue weighted by Gasteiger charge is 2.35.